The third-order valence-corrected chi connectivity index (χ3v) is 7.21. The molecule has 5 nitrogen and oxygen atoms in total. The number of sulfone groups is 1. The Morgan fingerprint density at radius 3 is 2.12 bits per heavy atom. The summed E-state index contributed by atoms with van der Waals surface area (Å²) in [7, 11) is -7.23. The molecule has 1 saturated carbocycles. The van der Waals surface area contributed by atoms with E-state index in [1.165, 1.54) is 4.31 Å². The van der Waals surface area contributed by atoms with Crippen molar-refractivity contribution in [1.29, 1.82) is 0 Å². The van der Waals surface area contributed by atoms with E-state index in [9.17, 15) is 16.8 Å². The highest BCUT2D eigenvalue weighted by Gasteiger charge is 2.33. The van der Waals surface area contributed by atoms with E-state index in [1.807, 2.05) is 0 Å². The Morgan fingerprint density at radius 1 is 1.18 bits per heavy atom. The van der Waals surface area contributed by atoms with Crippen LogP contribution in [0.15, 0.2) is 0 Å². The summed E-state index contributed by atoms with van der Waals surface area (Å²) in [6.07, 6.45) is 4.63. The maximum absolute atomic E-state index is 12.0. The van der Waals surface area contributed by atoms with E-state index < -0.39 is 24.9 Å². The Hall–Kier alpha value is 0.340. The third kappa shape index (κ3) is 4.84. The molecule has 1 rings (SSSR count). The number of alkyl halides is 1. The average Bonchev–Trinajstić information content (AvgIpc) is 2.62. The van der Waals surface area contributed by atoms with Crippen molar-refractivity contribution in [2.75, 3.05) is 23.2 Å². The van der Waals surface area contributed by atoms with E-state index in [0.29, 0.717) is 11.9 Å². The zero-order valence-corrected chi connectivity index (χ0v) is 13.0. The van der Waals surface area contributed by atoms with Crippen molar-refractivity contribution in [2.45, 2.75) is 31.7 Å². The second kappa shape index (κ2) is 5.99. The molecule has 1 aliphatic carbocycles. The summed E-state index contributed by atoms with van der Waals surface area (Å²) in [4.78, 5) is 0. The Labute approximate surface area is 112 Å². The lowest BCUT2D eigenvalue weighted by molar-refractivity contribution is 0.340. The topological polar surface area (TPSA) is 71.5 Å². The standard InChI is InChI=1S/C9H18BrNO4S2/c1-16(12,13)8-17(14,15)11(7-6-10)9-4-2-3-5-9/h9H,2-8H2,1H3. The van der Waals surface area contributed by atoms with Gasteiger partial charge in [0.15, 0.2) is 14.9 Å². The van der Waals surface area contributed by atoms with Gasteiger partial charge >= 0.3 is 0 Å². The van der Waals surface area contributed by atoms with E-state index >= 15 is 0 Å². The van der Waals surface area contributed by atoms with Crippen molar-refractivity contribution >= 4 is 35.8 Å². The predicted octanol–water partition coefficient (Wildman–Crippen LogP) is 0.958. The van der Waals surface area contributed by atoms with Crippen LogP contribution in [-0.2, 0) is 19.9 Å². The van der Waals surface area contributed by atoms with Crippen LogP contribution in [0.25, 0.3) is 0 Å². The van der Waals surface area contributed by atoms with E-state index in [1.54, 1.807) is 0 Å². The van der Waals surface area contributed by atoms with Crippen molar-refractivity contribution in [3.05, 3.63) is 0 Å². The van der Waals surface area contributed by atoms with Gasteiger partial charge in [-0.05, 0) is 12.8 Å². The van der Waals surface area contributed by atoms with Crippen LogP contribution in [0.3, 0.4) is 0 Å². The first-order valence-electron chi connectivity index (χ1n) is 5.49. The molecule has 0 aromatic heterocycles. The summed E-state index contributed by atoms with van der Waals surface area (Å²) in [6.45, 7) is 0.336. The maximum Gasteiger partial charge on any atom is 0.228 e. The van der Waals surface area contributed by atoms with Crippen LogP contribution in [-0.4, -0.2) is 50.4 Å². The number of nitrogens with zero attached hydrogens (tertiary/aromatic N) is 1. The number of rotatable bonds is 6. The highest BCUT2D eigenvalue weighted by Crippen LogP contribution is 2.26. The molecule has 0 amide bonds. The molecular weight excluding hydrogens is 330 g/mol. The summed E-state index contributed by atoms with van der Waals surface area (Å²) in [5.41, 5.74) is 0. The van der Waals surface area contributed by atoms with Gasteiger partial charge in [-0.15, -0.1) is 0 Å². The zero-order valence-electron chi connectivity index (χ0n) is 9.80. The molecule has 0 atom stereocenters. The lowest BCUT2D eigenvalue weighted by Crippen LogP contribution is -2.42. The van der Waals surface area contributed by atoms with Crippen LogP contribution in [0.1, 0.15) is 25.7 Å². The first kappa shape index (κ1) is 15.4. The number of hydrogen-bond acceptors (Lipinski definition) is 4. The minimum Gasteiger partial charge on any atom is -0.228 e. The van der Waals surface area contributed by atoms with Crippen LogP contribution in [0, 0.1) is 0 Å². The van der Waals surface area contributed by atoms with Crippen molar-refractivity contribution in [3.63, 3.8) is 0 Å². The molecule has 0 unspecified atom stereocenters. The highest BCUT2D eigenvalue weighted by atomic mass is 79.9. The van der Waals surface area contributed by atoms with Crippen LogP contribution < -0.4 is 0 Å². The molecule has 8 heteroatoms. The largest absolute Gasteiger partial charge is 0.228 e. The van der Waals surface area contributed by atoms with Gasteiger partial charge < -0.3 is 0 Å². The normalized spacial score (nSPS) is 19.0. The zero-order chi connectivity index (χ0) is 13.1. The molecule has 0 aromatic carbocycles. The number of sulfonamides is 1. The molecule has 0 spiro atoms. The van der Waals surface area contributed by atoms with E-state index in [0.717, 1.165) is 31.9 Å². The number of halogens is 1. The molecule has 102 valence electrons. The Kier molecular flexibility index (Phi) is 5.42. The van der Waals surface area contributed by atoms with Gasteiger partial charge in [0, 0.05) is 24.2 Å². The van der Waals surface area contributed by atoms with Crippen LogP contribution >= 0.6 is 15.9 Å². The Morgan fingerprint density at radius 2 is 1.71 bits per heavy atom. The molecule has 0 aromatic rings. The first-order chi connectivity index (χ1) is 7.76. The van der Waals surface area contributed by atoms with Crippen LogP contribution in [0.4, 0.5) is 0 Å². The fourth-order valence-electron chi connectivity index (χ4n) is 2.16. The van der Waals surface area contributed by atoms with Gasteiger partial charge in [-0.25, -0.2) is 16.8 Å². The van der Waals surface area contributed by atoms with E-state index in [-0.39, 0.29) is 6.04 Å². The molecule has 1 aliphatic rings. The van der Waals surface area contributed by atoms with Crippen LogP contribution in [0.2, 0.25) is 0 Å². The first-order valence-corrected chi connectivity index (χ1v) is 10.3. The predicted molar refractivity (Wildman–Crippen MR) is 71.4 cm³/mol. The molecule has 1 fully saturated rings. The fraction of sp³-hybridized carbons (Fsp3) is 1.00. The van der Waals surface area contributed by atoms with Crippen molar-refractivity contribution < 1.29 is 16.8 Å². The summed E-state index contributed by atoms with van der Waals surface area (Å²) < 4.78 is 47.8. The van der Waals surface area contributed by atoms with Gasteiger partial charge in [0.25, 0.3) is 0 Å². The molecule has 0 N–H and O–H groups in total. The van der Waals surface area contributed by atoms with Crippen molar-refractivity contribution in [2.24, 2.45) is 0 Å². The minimum absolute atomic E-state index is 0.0284. The van der Waals surface area contributed by atoms with Gasteiger partial charge in [0.1, 0.15) is 0 Å². The molecular formula is C9H18BrNO4S2. The fourth-order valence-corrected chi connectivity index (χ4v) is 6.52. The highest BCUT2D eigenvalue weighted by molar-refractivity contribution is 9.09. The van der Waals surface area contributed by atoms with Gasteiger partial charge in [-0.2, -0.15) is 4.31 Å². The van der Waals surface area contributed by atoms with E-state index in [2.05, 4.69) is 15.9 Å². The molecule has 0 saturated heterocycles. The molecule has 0 heterocycles. The maximum atomic E-state index is 12.0. The van der Waals surface area contributed by atoms with Crippen molar-refractivity contribution in [3.8, 4) is 0 Å². The van der Waals surface area contributed by atoms with E-state index in [4.69, 9.17) is 0 Å². The van der Waals surface area contributed by atoms with Gasteiger partial charge in [0.2, 0.25) is 10.0 Å². The third-order valence-electron chi connectivity index (χ3n) is 2.76. The second-order valence-electron chi connectivity index (χ2n) is 4.39. The summed E-state index contributed by atoms with van der Waals surface area (Å²) in [5, 5.41) is -0.268. The number of hydrogen-bond donors (Lipinski definition) is 0. The van der Waals surface area contributed by atoms with Gasteiger partial charge in [-0.1, -0.05) is 28.8 Å². The lowest BCUT2D eigenvalue weighted by atomic mass is 10.2. The monoisotopic (exact) mass is 347 g/mol. The Bertz CT molecular complexity index is 440. The molecule has 0 radical (unpaired) electrons. The molecule has 17 heavy (non-hydrogen) atoms. The quantitative estimate of drug-likeness (QED) is 0.671. The average molecular weight is 348 g/mol. The summed E-state index contributed by atoms with van der Waals surface area (Å²) in [5.74, 6) is 0. The summed E-state index contributed by atoms with van der Waals surface area (Å²) >= 11 is 3.21. The minimum atomic E-state index is -3.71. The molecule has 0 bridgehead atoms. The molecule has 0 aliphatic heterocycles. The second-order valence-corrected chi connectivity index (χ2v) is 9.61. The van der Waals surface area contributed by atoms with Crippen LogP contribution in [0.5, 0.6) is 0 Å². The summed E-state index contributed by atoms with van der Waals surface area (Å²) in [6, 6.07) is -0.0284. The van der Waals surface area contributed by atoms with Gasteiger partial charge in [-0.3, -0.25) is 0 Å². The Balaban J connectivity index is 2.88. The smallest absolute Gasteiger partial charge is 0.228 e. The van der Waals surface area contributed by atoms with Crippen molar-refractivity contribution in [1.82, 2.24) is 4.31 Å². The SMILES string of the molecule is CS(=O)(=O)CS(=O)(=O)N(CCBr)C1CCCC1. The lowest BCUT2D eigenvalue weighted by Gasteiger charge is -2.26. The van der Waals surface area contributed by atoms with Gasteiger partial charge in [0.05, 0.1) is 0 Å².